The molecule has 4 rings (SSSR count). The summed E-state index contributed by atoms with van der Waals surface area (Å²) >= 11 is 0. The van der Waals surface area contributed by atoms with E-state index in [1.165, 1.54) is 0 Å². The number of carbonyl (C=O) groups is 2. The number of nitrogens with zero attached hydrogens (tertiary/aromatic N) is 2. The molecule has 0 radical (unpaired) electrons. The van der Waals surface area contributed by atoms with Crippen LogP contribution in [-0.4, -0.2) is 35.1 Å². The second kappa shape index (κ2) is 10.1. The lowest BCUT2D eigenvalue weighted by molar-refractivity contribution is 0.0516. The Morgan fingerprint density at radius 3 is 1.50 bits per heavy atom. The summed E-state index contributed by atoms with van der Waals surface area (Å²) in [7, 11) is 0. The lowest BCUT2D eigenvalue weighted by atomic mass is 10.1. The van der Waals surface area contributed by atoms with Crippen LogP contribution in [-0.2, 0) is 9.47 Å². The maximum absolute atomic E-state index is 11.4. The van der Waals surface area contributed by atoms with Crippen molar-refractivity contribution in [3.05, 3.63) is 84.2 Å². The first kappa shape index (κ1) is 20.9. The highest BCUT2D eigenvalue weighted by atomic mass is 16.5. The Bertz CT molecular complexity index is 1080. The van der Waals surface area contributed by atoms with E-state index >= 15 is 0 Å². The predicted octanol–water partition coefficient (Wildman–Crippen LogP) is 4.82. The fraction of sp³-hybridized carbons (Fsp3) is 0.167. The minimum atomic E-state index is -0.323. The summed E-state index contributed by atoms with van der Waals surface area (Å²) in [5, 5.41) is 1.89. The molecule has 152 valence electrons. The molecular weight excluding hydrogens is 380 g/mol. The lowest BCUT2D eigenvalue weighted by Gasteiger charge is -2.02. The number of carbonyl (C=O) groups excluding carboxylic acids is 2. The van der Waals surface area contributed by atoms with Crippen molar-refractivity contribution in [3.8, 4) is 0 Å². The van der Waals surface area contributed by atoms with Crippen molar-refractivity contribution in [2.75, 3.05) is 13.2 Å². The number of pyridine rings is 2. The highest BCUT2D eigenvalue weighted by molar-refractivity contribution is 5.94. The number of para-hydroxylation sites is 2. The number of fused-ring (bicyclic) bond motifs is 2. The van der Waals surface area contributed by atoms with Gasteiger partial charge in [-0.15, -0.1) is 0 Å². The van der Waals surface area contributed by atoms with Crippen molar-refractivity contribution in [2.24, 2.45) is 0 Å². The molecule has 0 bridgehead atoms. The maximum atomic E-state index is 11.4. The molecule has 2 aromatic carbocycles. The van der Waals surface area contributed by atoms with Crippen molar-refractivity contribution in [1.29, 1.82) is 0 Å². The topological polar surface area (TPSA) is 78.4 Å². The van der Waals surface area contributed by atoms with Gasteiger partial charge in [0.15, 0.2) is 0 Å². The Balaban J connectivity index is 0.000000171. The van der Waals surface area contributed by atoms with Crippen LogP contribution in [0.4, 0.5) is 0 Å². The molecule has 2 heterocycles. The third-order valence-corrected chi connectivity index (χ3v) is 4.20. The molecule has 0 unspecified atom stereocenters. The second-order valence-corrected chi connectivity index (χ2v) is 6.27. The van der Waals surface area contributed by atoms with Crippen LogP contribution in [0.1, 0.15) is 34.6 Å². The molecule has 2 aromatic heterocycles. The molecule has 0 aliphatic rings. The minimum Gasteiger partial charge on any atom is -0.462 e. The van der Waals surface area contributed by atoms with Crippen LogP contribution in [0.2, 0.25) is 0 Å². The van der Waals surface area contributed by atoms with Gasteiger partial charge >= 0.3 is 11.9 Å². The van der Waals surface area contributed by atoms with Crippen molar-refractivity contribution in [2.45, 2.75) is 13.8 Å². The first-order chi connectivity index (χ1) is 14.6. The quantitative estimate of drug-likeness (QED) is 0.455. The zero-order valence-corrected chi connectivity index (χ0v) is 16.9. The normalized spacial score (nSPS) is 10.2. The number of aromatic nitrogens is 2. The van der Waals surface area contributed by atoms with Crippen molar-refractivity contribution in [3.63, 3.8) is 0 Å². The SMILES string of the molecule is CCOC(=O)c1cnc2ccccc2c1.CCOC(=O)c1cnc2ccccc2c1. The Morgan fingerprint density at radius 2 is 1.10 bits per heavy atom. The summed E-state index contributed by atoms with van der Waals surface area (Å²) < 4.78 is 9.80. The van der Waals surface area contributed by atoms with Gasteiger partial charge in [0.25, 0.3) is 0 Å². The molecule has 0 spiro atoms. The van der Waals surface area contributed by atoms with E-state index in [9.17, 15) is 9.59 Å². The van der Waals surface area contributed by atoms with Crippen LogP contribution in [0, 0.1) is 0 Å². The first-order valence-corrected chi connectivity index (χ1v) is 9.66. The summed E-state index contributed by atoms with van der Waals surface area (Å²) in [6.45, 7) is 4.33. The summed E-state index contributed by atoms with van der Waals surface area (Å²) in [5.74, 6) is -0.647. The van der Waals surface area contributed by atoms with Crippen LogP contribution in [0.25, 0.3) is 21.8 Å². The number of esters is 2. The van der Waals surface area contributed by atoms with Gasteiger partial charge in [0.1, 0.15) is 0 Å². The van der Waals surface area contributed by atoms with E-state index < -0.39 is 0 Å². The molecule has 0 aliphatic carbocycles. The van der Waals surface area contributed by atoms with Crippen LogP contribution in [0.3, 0.4) is 0 Å². The molecular formula is C24H22N2O4. The monoisotopic (exact) mass is 402 g/mol. The van der Waals surface area contributed by atoms with E-state index in [4.69, 9.17) is 9.47 Å². The first-order valence-electron chi connectivity index (χ1n) is 9.66. The summed E-state index contributed by atoms with van der Waals surface area (Å²) in [5.41, 5.74) is 2.75. The van der Waals surface area contributed by atoms with Gasteiger partial charge in [-0.05, 0) is 38.1 Å². The Hall–Kier alpha value is -3.80. The van der Waals surface area contributed by atoms with E-state index in [-0.39, 0.29) is 11.9 Å². The van der Waals surface area contributed by atoms with Gasteiger partial charge in [-0.2, -0.15) is 0 Å². The van der Waals surface area contributed by atoms with Gasteiger partial charge in [0.05, 0.1) is 35.4 Å². The molecule has 0 fully saturated rings. The molecule has 0 aliphatic heterocycles. The van der Waals surface area contributed by atoms with Crippen LogP contribution < -0.4 is 0 Å². The number of hydrogen-bond acceptors (Lipinski definition) is 6. The lowest BCUT2D eigenvalue weighted by Crippen LogP contribution is -2.04. The van der Waals surface area contributed by atoms with E-state index in [0.717, 1.165) is 21.8 Å². The number of rotatable bonds is 4. The maximum Gasteiger partial charge on any atom is 0.339 e. The molecule has 30 heavy (non-hydrogen) atoms. The predicted molar refractivity (Wildman–Crippen MR) is 115 cm³/mol. The van der Waals surface area contributed by atoms with Crippen molar-refractivity contribution < 1.29 is 19.1 Å². The van der Waals surface area contributed by atoms with Gasteiger partial charge < -0.3 is 9.47 Å². The van der Waals surface area contributed by atoms with Gasteiger partial charge in [0.2, 0.25) is 0 Å². The Morgan fingerprint density at radius 1 is 0.700 bits per heavy atom. The molecule has 0 atom stereocenters. The average Bonchev–Trinajstić information content (AvgIpc) is 2.79. The average molecular weight is 402 g/mol. The zero-order valence-electron chi connectivity index (χ0n) is 16.9. The third kappa shape index (κ3) is 5.17. The van der Waals surface area contributed by atoms with E-state index in [1.807, 2.05) is 48.5 Å². The zero-order chi connectivity index (χ0) is 21.3. The van der Waals surface area contributed by atoms with Crippen molar-refractivity contribution >= 4 is 33.7 Å². The van der Waals surface area contributed by atoms with Gasteiger partial charge in [-0.1, -0.05) is 36.4 Å². The van der Waals surface area contributed by atoms with Gasteiger partial charge in [-0.3, -0.25) is 9.97 Å². The van der Waals surface area contributed by atoms with Gasteiger partial charge in [0, 0.05) is 23.2 Å². The molecule has 0 saturated carbocycles. The van der Waals surface area contributed by atoms with Crippen LogP contribution in [0.15, 0.2) is 73.1 Å². The second-order valence-electron chi connectivity index (χ2n) is 6.27. The fourth-order valence-electron chi connectivity index (χ4n) is 2.79. The minimum absolute atomic E-state index is 0.323. The number of benzene rings is 2. The van der Waals surface area contributed by atoms with Crippen LogP contribution >= 0.6 is 0 Å². The molecule has 4 aromatic rings. The van der Waals surface area contributed by atoms with E-state index in [2.05, 4.69) is 9.97 Å². The van der Waals surface area contributed by atoms with Gasteiger partial charge in [-0.25, -0.2) is 9.59 Å². The largest absolute Gasteiger partial charge is 0.462 e. The van der Waals surface area contributed by atoms with Crippen molar-refractivity contribution in [1.82, 2.24) is 9.97 Å². The highest BCUT2D eigenvalue weighted by Gasteiger charge is 2.08. The third-order valence-electron chi connectivity index (χ3n) is 4.20. The molecule has 0 N–H and O–H groups in total. The highest BCUT2D eigenvalue weighted by Crippen LogP contribution is 2.14. The number of ether oxygens (including phenoxy) is 2. The fourth-order valence-corrected chi connectivity index (χ4v) is 2.79. The standard InChI is InChI=1S/2C12H11NO2/c2*1-2-15-12(14)10-7-9-5-3-4-6-11(9)13-8-10/h2*3-8H,2H2,1H3. The van der Waals surface area contributed by atoms with Crippen LogP contribution in [0.5, 0.6) is 0 Å². The molecule has 0 saturated heterocycles. The summed E-state index contributed by atoms with van der Waals surface area (Å²) in [6, 6.07) is 18.9. The number of hydrogen-bond donors (Lipinski definition) is 0. The van der Waals surface area contributed by atoms with E-state index in [0.29, 0.717) is 24.3 Å². The molecule has 6 nitrogen and oxygen atoms in total. The Labute approximate surface area is 174 Å². The molecule has 6 heteroatoms. The smallest absolute Gasteiger partial charge is 0.339 e. The van der Waals surface area contributed by atoms with E-state index in [1.54, 1.807) is 38.4 Å². The summed E-state index contributed by atoms with van der Waals surface area (Å²) in [4.78, 5) is 31.2. The Kier molecular flexibility index (Phi) is 7.05. The molecule has 0 amide bonds. The summed E-state index contributed by atoms with van der Waals surface area (Å²) in [6.07, 6.45) is 3.08.